The second kappa shape index (κ2) is 5.61. The number of aromatic nitrogens is 1. The number of hydrogen-bond acceptors (Lipinski definition) is 0. The highest BCUT2D eigenvalue weighted by Crippen LogP contribution is 2.52. The van der Waals surface area contributed by atoms with Crippen LogP contribution in [0.2, 0.25) is 0 Å². The number of rotatable bonds is 1. The van der Waals surface area contributed by atoms with Gasteiger partial charge in [-0.2, -0.15) is 0 Å². The first-order valence-electron chi connectivity index (χ1n) is 10.3. The summed E-state index contributed by atoms with van der Waals surface area (Å²) in [6.45, 7) is 6.84. The molecule has 29 heavy (non-hydrogen) atoms. The van der Waals surface area contributed by atoms with Crippen molar-refractivity contribution in [1.82, 2.24) is 4.57 Å². The molecular formula is C28H23N. The van der Waals surface area contributed by atoms with Gasteiger partial charge in [0.2, 0.25) is 0 Å². The third-order valence-electron chi connectivity index (χ3n) is 6.67. The third-order valence-corrected chi connectivity index (χ3v) is 6.67. The molecule has 0 amide bonds. The molecule has 0 saturated heterocycles. The average molecular weight is 373 g/mol. The minimum absolute atomic E-state index is 0.0210. The SMILES string of the molecule is Cc1ccc(-n2c3ccccc3c3c4c(ccc32)C(C)(C)c2ccccc2-4)cc1. The Balaban J connectivity index is 1.82. The quantitative estimate of drug-likeness (QED) is 0.288. The van der Waals surface area contributed by atoms with E-state index in [0.717, 1.165) is 0 Å². The fraction of sp³-hybridized carbons (Fsp3) is 0.143. The van der Waals surface area contributed by atoms with E-state index in [1.54, 1.807) is 0 Å². The standard InChI is InChI=1S/C28H23N/c1-18-12-14-19(15-13-18)29-24-11-7-5-9-21(24)27-25(29)17-16-23-26(27)20-8-4-6-10-22(20)28(23,2)3/h4-17H,1-3H3. The maximum atomic E-state index is 2.42. The van der Waals surface area contributed by atoms with Crippen molar-refractivity contribution in [3.63, 3.8) is 0 Å². The molecular weight excluding hydrogens is 350 g/mol. The Morgan fingerprint density at radius 3 is 2.21 bits per heavy atom. The van der Waals surface area contributed by atoms with Crippen molar-refractivity contribution in [2.75, 3.05) is 0 Å². The number of benzene rings is 4. The van der Waals surface area contributed by atoms with Crippen molar-refractivity contribution in [3.8, 4) is 16.8 Å². The zero-order chi connectivity index (χ0) is 19.8. The lowest BCUT2D eigenvalue weighted by molar-refractivity contribution is 0.661. The highest BCUT2D eigenvalue weighted by molar-refractivity contribution is 6.17. The van der Waals surface area contributed by atoms with Crippen molar-refractivity contribution in [1.29, 1.82) is 0 Å². The zero-order valence-corrected chi connectivity index (χ0v) is 17.0. The van der Waals surface area contributed by atoms with E-state index >= 15 is 0 Å². The molecule has 6 rings (SSSR count). The second-order valence-electron chi connectivity index (χ2n) is 8.74. The molecule has 1 nitrogen and oxygen atoms in total. The predicted octanol–water partition coefficient (Wildman–Crippen LogP) is 7.40. The lowest BCUT2D eigenvalue weighted by Crippen LogP contribution is -2.14. The molecule has 0 aliphatic heterocycles. The van der Waals surface area contributed by atoms with E-state index in [-0.39, 0.29) is 5.41 Å². The average Bonchev–Trinajstić information content (AvgIpc) is 3.19. The van der Waals surface area contributed by atoms with Crippen LogP contribution in [-0.2, 0) is 5.41 Å². The largest absolute Gasteiger partial charge is 0.309 e. The molecule has 5 aromatic rings. The van der Waals surface area contributed by atoms with Crippen molar-refractivity contribution in [3.05, 3.63) is 102 Å². The van der Waals surface area contributed by atoms with E-state index in [1.165, 1.54) is 55.3 Å². The zero-order valence-electron chi connectivity index (χ0n) is 17.0. The maximum Gasteiger partial charge on any atom is 0.0547 e. The molecule has 0 atom stereocenters. The first-order chi connectivity index (χ1) is 14.1. The molecule has 0 bridgehead atoms. The molecule has 1 aliphatic carbocycles. The predicted molar refractivity (Wildman–Crippen MR) is 123 cm³/mol. The summed E-state index contributed by atoms with van der Waals surface area (Å²) in [6.07, 6.45) is 0. The van der Waals surface area contributed by atoms with Crippen LogP contribution in [0.1, 0.15) is 30.5 Å². The van der Waals surface area contributed by atoms with E-state index in [9.17, 15) is 0 Å². The van der Waals surface area contributed by atoms with Crippen LogP contribution >= 0.6 is 0 Å². The van der Waals surface area contributed by atoms with Gasteiger partial charge in [0.1, 0.15) is 0 Å². The van der Waals surface area contributed by atoms with Crippen LogP contribution in [0.15, 0.2) is 84.9 Å². The highest BCUT2D eigenvalue weighted by Gasteiger charge is 2.37. The normalized spacial score (nSPS) is 14.3. The summed E-state index contributed by atoms with van der Waals surface area (Å²) >= 11 is 0. The Morgan fingerprint density at radius 2 is 1.38 bits per heavy atom. The van der Waals surface area contributed by atoms with E-state index in [4.69, 9.17) is 0 Å². The molecule has 0 fully saturated rings. The van der Waals surface area contributed by atoms with Crippen molar-refractivity contribution < 1.29 is 0 Å². The van der Waals surface area contributed by atoms with Gasteiger partial charge in [-0.3, -0.25) is 0 Å². The van der Waals surface area contributed by atoms with Crippen molar-refractivity contribution in [2.24, 2.45) is 0 Å². The Morgan fingerprint density at radius 1 is 0.655 bits per heavy atom. The number of hydrogen-bond donors (Lipinski definition) is 0. The van der Waals surface area contributed by atoms with Gasteiger partial charge in [-0.25, -0.2) is 0 Å². The topological polar surface area (TPSA) is 4.93 Å². The number of fused-ring (bicyclic) bond motifs is 7. The van der Waals surface area contributed by atoms with Crippen LogP contribution in [-0.4, -0.2) is 4.57 Å². The maximum absolute atomic E-state index is 2.42. The van der Waals surface area contributed by atoms with Gasteiger partial charge >= 0.3 is 0 Å². The number of para-hydroxylation sites is 1. The van der Waals surface area contributed by atoms with Crippen LogP contribution in [0.25, 0.3) is 38.6 Å². The van der Waals surface area contributed by atoms with E-state index < -0.39 is 0 Å². The summed E-state index contributed by atoms with van der Waals surface area (Å²) in [5.41, 5.74) is 10.7. The molecule has 0 saturated carbocycles. The molecule has 1 heteroatoms. The molecule has 1 aliphatic rings. The lowest BCUT2D eigenvalue weighted by Gasteiger charge is -2.21. The van der Waals surface area contributed by atoms with Gasteiger partial charge < -0.3 is 4.57 Å². The lowest BCUT2D eigenvalue weighted by atomic mass is 9.82. The van der Waals surface area contributed by atoms with Crippen molar-refractivity contribution in [2.45, 2.75) is 26.2 Å². The number of aryl methyl sites for hydroxylation is 1. The molecule has 0 N–H and O–H groups in total. The monoisotopic (exact) mass is 373 g/mol. The summed E-state index contributed by atoms with van der Waals surface area (Å²) in [6, 6.07) is 31.3. The van der Waals surface area contributed by atoms with Crippen LogP contribution < -0.4 is 0 Å². The number of nitrogens with zero attached hydrogens (tertiary/aromatic N) is 1. The fourth-order valence-electron chi connectivity index (χ4n) is 5.22. The van der Waals surface area contributed by atoms with Gasteiger partial charge in [0.15, 0.2) is 0 Å². The van der Waals surface area contributed by atoms with Gasteiger partial charge in [0, 0.05) is 21.9 Å². The van der Waals surface area contributed by atoms with Gasteiger partial charge in [-0.1, -0.05) is 80.1 Å². The summed E-state index contributed by atoms with van der Waals surface area (Å²) < 4.78 is 2.42. The Labute approximate surface area is 171 Å². The summed E-state index contributed by atoms with van der Waals surface area (Å²) in [5.74, 6) is 0. The minimum Gasteiger partial charge on any atom is -0.309 e. The van der Waals surface area contributed by atoms with Crippen LogP contribution in [0.5, 0.6) is 0 Å². The summed E-state index contributed by atoms with van der Waals surface area (Å²) in [4.78, 5) is 0. The van der Waals surface area contributed by atoms with Gasteiger partial charge in [0.25, 0.3) is 0 Å². The first kappa shape index (κ1) is 16.6. The fourth-order valence-corrected chi connectivity index (χ4v) is 5.22. The Bertz CT molecular complexity index is 1410. The van der Waals surface area contributed by atoms with E-state index in [0.29, 0.717) is 0 Å². The molecule has 1 aromatic heterocycles. The molecule has 140 valence electrons. The van der Waals surface area contributed by atoms with E-state index in [1.807, 2.05) is 0 Å². The van der Waals surface area contributed by atoms with Crippen LogP contribution in [0.4, 0.5) is 0 Å². The van der Waals surface area contributed by atoms with Crippen molar-refractivity contribution >= 4 is 21.8 Å². The van der Waals surface area contributed by atoms with Gasteiger partial charge in [-0.05, 0) is 53.4 Å². The molecule has 0 radical (unpaired) electrons. The smallest absolute Gasteiger partial charge is 0.0547 e. The first-order valence-corrected chi connectivity index (χ1v) is 10.3. The summed E-state index contributed by atoms with van der Waals surface area (Å²) in [5, 5.41) is 2.70. The third kappa shape index (κ3) is 2.10. The van der Waals surface area contributed by atoms with Crippen LogP contribution in [0.3, 0.4) is 0 Å². The Kier molecular flexibility index (Phi) is 3.21. The Hall–Kier alpha value is -3.32. The molecule has 0 spiro atoms. The summed E-state index contributed by atoms with van der Waals surface area (Å²) in [7, 11) is 0. The van der Waals surface area contributed by atoms with E-state index in [2.05, 4.69) is 110 Å². The molecule has 1 heterocycles. The highest BCUT2D eigenvalue weighted by atomic mass is 15.0. The van der Waals surface area contributed by atoms with Gasteiger partial charge in [0.05, 0.1) is 11.0 Å². The molecule has 0 unspecified atom stereocenters. The minimum atomic E-state index is 0.0210. The van der Waals surface area contributed by atoms with Gasteiger partial charge in [-0.15, -0.1) is 0 Å². The van der Waals surface area contributed by atoms with Crippen LogP contribution in [0, 0.1) is 6.92 Å². The molecule has 4 aromatic carbocycles. The second-order valence-corrected chi connectivity index (χ2v) is 8.74.